The van der Waals surface area contributed by atoms with Crippen molar-refractivity contribution >= 4 is 16.9 Å². The predicted molar refractivity (Wildman–Crippen MR) is 70.2 cm³/mol. The van der Waals surface area contributed by atoms with Crippen LogP contribution in [-0.2, 0) is 18.3 Å². The van der Waals surface area contributed by atoms with Crippen molar-refractivity contribution in [1.29, 1.82) is 0 Å². The maximum absolute atomic E-state index is 10.7. The highest BCUT2D eigenvalue weighted by atomic mass is 16.5. The van der Waals surface area contributed by atoms with E-state index in [0.717, 1.165) is 27.9 Å². The molecule has 1 N–H and O–H groups in total. The van der Waals surface area contributed by atoms with Crippen molar-refractivity contribution < 1.29 is 14.6 Å². The summed E-state index contributed by atoms with van der Waals surface area (Å²) >= 11 is 0. The van der Waals surface area contributed by atoms with Crippen LogP contribution in [0.2, 0.25) is 0 Å². The van der Waals surface area contributed by atoms with Gasteiger partial charge in [-0.2, -0.15) is 0 Å². The maximum Gasteiger partial charge on any atom is 0.303 e. The second kappa shape index (κ2) is 4.72. The Hall–Kier alpha value is -1.97. The van der Waals surface area contributed by atoms with Crippen molar-refractivity contribution in [2.45, 2.75) is 19.8 Å². The van der Waals surface area contributed by atoms with Gasteiger partial charge in [-0.3, -0.25) is 4.79 Å². The van der Waals surface area contributed by atoms with E-state index in [0.29, 0.717) is 6.42 Å². The molecule has 1 aromatic heterocycles. The lowest BCUT2D eigenvalue weighted by Crippen LogP contribution is -1.99. The van der Waals surface area contributed by atoms with Crippen LogP contribution in [0.1, 0.15) is 17.7 Å². The molecule has 18 heavy (non-hydrogen) atoms. The molecule has 0 amide bonds. The number of aromatic nitrogens is 1. The summed E-state index contributed by atoms with van der Waals surface area (Å²) in [6, 6.07) is 5.87. The van der Waals surface area contributed by atoms with Crippen molar-refractivity contribution in [3.05, 3.63) is 29.5 Å². The van der Waals surface area contributed by atoms with E-state index in [1.807, 2.05) is 32.2 Å². The molecule has 4 heteroatoms. The smallest absolute Gasteiger partial charge is 0.303 e. The first-order chi connectivity index (χ1) is 8.56. The number of aliphatic carboxylic acids is 1. The van der Waals surface area contributed by atoms with Crippen molar-refractivity contribution in [3.63, 3.8) is 0 Å². The molecule has 0 fully saturated rings. The number of carboxylic acids is 1. The number of hydrogen-bond acceptors (Lipinski definition) is 2. The van der Waals surface area contributed by atoms with Crippen LogP contribution in [0.15, 0.2) is 18.2 Å². The van der Waals surface area contributed by atoms with Crippen molar-refractivity contribution in [2.24, 2.45) is 7.05 Å². The lowest BCUT2D eigenvalue weighted by Gasteiger charge is -2.04. The normalized spacial score (nSPS) is 10.8. The van der Waals surface area contributed by atoms with Gasteiger partial charge in [0.1, 0.15) is 5.75 Å². The number of aryl methyl sites for hydroxylation is 2. The lowest BCUT2D eigenvalue weighted by atomic mass is 10.1. The molecule has 0 spiro atoms. The fourth-order valence-corrected chi connectivity index (χ4v) is 2.39. The van der Waals surface area contributed by atoms with E-state index in [9.17, 15) is 4.79 Å². The fraction of sp³-hybridized carbons (Fsp3) is 0.357. The summed E-state index contributed by atoms with van der Waals surface area (Å²) in [5.41, 5.74) is 3.21. The van der Waals surface area contributed by atoms with E-state index in [1.165, 1.54) is 0 Å². The molecule has 1 aromatic carbocycles. The number of nitrogens with zero attached hydrogens (tertiary/aromatic N) is 1. The molecular weight excluding hydrogens is 230 g/mol. The Balaban J connectivity index is 2.60. The maximum atomic E-state index is 10.7. The summed E-state index contributed by atoms with van der Waals surface area (Å²) in [6.45, 7) is 2.01. The quantitative estimate of drug-likeness (QED) is 0.903. The van der Waals surface area contributed by atoms with Gasteiger partial charge in [-0.15, -0.1) is 0 Å². The molecular formula is C14H17NO3. The second-order valence-electron chi connectivity index (χ2n) is 4.37. The summed E-state index contributed by atoms with van der Waals surface area (Å²) in [4.78, 5) is 10.7. The number of fused-ring (bicyclic) bond motifs is 1. The molecule has 2 rings (SSSR count). The van der Waals surface area contributed by atoms with E-state index in [2.05, 4.69) is 4.57 Å². The Morgan fingerprint density at radius 1 is 1.44 bits per heavy atom. The van der Waals surface area contributed by atoms with Gasteiger partial charge in [0.15, 0.2) is 0 Å². The summed E-state index contributed by atoms with van der Waals surface area (Å²) in [5.74, 6) is 0.0500. The Labute approximate surface area is 106 Å². The minimum atomic E-state index is -0.769. The molecule has 1 heterocycles. The first-order valence-corrected chi connectivity index (χ1v) is 5.89. The number of hydrogen-bond donors (Lipinski definition) is 1. The minimum absolute atomic E-state index is 0.150. The third kappa shape index (κ3) is 1.94. The Morgan fingerprint density at radius 2 is 2.17 bits per heavy atom. The van der Waals surface area contributed by atoms with E-state index < -0.39 is 5.97 Å². The zero-order valence-corrected chi connectivity index (χ0v) is 10.9. The van der Waals surface area contributed by atoms with E-state index in [4.69, 9.17) is 9.84 Å². The standard InChI is InChI=1S/C14H17NO3/c1-9-10(7-8-13(16)17)11-5-4-6-12(18-3)14(11)15(9)2/h4-6H,7-8H2,1-3H3,(H,16,17). The average molecular weight is 247 g/mol. The Bertz CT molecular complexity index is 599. The Morgan fingerprint density at radius 3 is 2.78 bits per heavy atom. The third-order valence-corrected chi connectivity index (χ3v) is 3.41. The van der Waals surface area contributed by atoms with Gasteiger partial charge < -0.3 is 14.4 Å². The number of rotatable bonds is 4. The molecule has 96 valence electrons. The van der Waals surface area contributed by atoms with Crippen LogP contribution in [0.4, 0.5) is 0 Å². The van der Waals surface area contributed by atoms with Gasteiger partial charge in [-0.05, 0) is 25.0 Å². The van der Waals surface area contributed by atoms with Crippen LogP contribution >= 0.6 is 0 Å². The van der Waals surface area contributed by atoms with Crippen molar-refractivity contribution in [2.75, 3.05) is 7.11 Å². The molecule has 4 nitrogen and oxygen atoms in total. The highest BCUT2D eigenvalue weighted by molar-refractivity contribution is 5.90. The molecule has 0 bridgehead atoms. The van der Waals surface area contributed by atoms with Crippen LogP contribution in [0.25, 0.3) is 10.9 Å². The van der Waals surface area contributed by atoms with Gasteiger partial charge in [-0.1, -0.05) is 12.1 Å². The SMILES string of the molecule is COc1cccc2c(CCC(=O)O)c(C)n(C)c12. The second-order valence-corrected chi connectivity index (χ2v) is 4.37. The minimum Gasteiger partial charge on any atom is -0.495 e. The van der Waals surface area contributed by atoms with Crippen LogP contribution in [0.5, 0.6) is 5.75 Å². The third-order valence-electron chi connectivity index (χ3n) is 3.41. The zero-order valence-electron chi connectivity index (χ0n) is 10.9. The molecule has 0 radical (unpaired) electrons. The first-order valence-electron chi connectivity index (χ1n) is 5.89. The van der Waals surface area contributed by atoms with Crippen LogP contribution < -0.4 is 4.74 Å². The summed E-state index contributed by atoms with van der Waals surface area (Å²) in [7, 11) is 3.62. The van der Waals surface area contributed by atoms with Crippen LogP contribution in [0, 0.1) is 6.92 Å². The molecule has 0 atom stereocenters. The van der Waals surface area contributed by atoms with Gasteiger partial charge in [0, 0.05) is 24.5 Å². The number of benzene rings is 1. The first kappa shape index (κ1) is 12.5. The molecule has 2 aromatic rings. The predicted octanol–water partition coefficient (Wildman–Crippen LogP) is 2.51. The molecule has 0 saturated heterocycles. The molecule has 0 saturated carbocycles. The summed E-state index contributed by atoms with van der Waals surface area (Å²) in [6.07, 6.45) is 0.697. The van der Waals surface area contributed by atoms with E-state index in [-0.39, 0.29) is 6.42 Å². The largest absolute Gasteiger partial charge is 0.495 e. The molecule has 0 aliphatic carbocycles. The monoisotopic (exact) mass is 247 g/mol. The van der Waals surface area contributed by atoms with Crippen molar-refractivity contribution in [1.82, 2.24) is 4.57 Å². The molecule has 0 unspecified atom stereocenters. The fourth-order valence-electron chi connectivity index (χ4n) is 2.39. The zero-order chi connectivity index (χ0) is 13.3. The summed E-state index contributed by atoms with van der Waals surface area (Å²) < 4.78 is 7.43. The van der Waals surface area contributed by atoms with Crippen LogP contribution in [0.3, 0.4) is 0 Å². The Kier molecular flexibility index (Phi) is 3.28. The number of methoxy groups -OCH3 is 1. The molecule has 0 aliphatic rings. The number of ether oxygens (including phenoxy) is 1. The topological polar surface area (TPSA) is 51.5 Å². The van der Waals surface area contributed by atoms with Gasteiger partial charge in [0.2, 0.25) is 0 Å². The van der Waals surface area contributed by atoms with Gasteiger partial charge in [0.25, 0.3) is 0 Å². The van der Waals surface area contributed by atoms with Gasteiger partial charge in [-0.25, -0.2) is 0 Å². The summed E-state index contributed by atoms with van der Waals surface area (Å²) in [5, 5.41) is 9.89. The van der Waals surface area contributed by atoms with Gasteiger partial charge in [0.05, 0.1) is 12.6 Å². The van der Waals surface area contributed by atoms with Gasteiger partial charge >= 0.3 is 5.97 Å². The molecule has 0 aliphatic heterocycles. The highest BCUT2D eigenvalue weighted by Crippen LogP contribution is 2.32. The number of carboxylic acid groups (broad SMARTS) is 1. The van der Waals surface area contributed by atoms with Crippen molar-refractivity contribution in [3.8, 4) is 5.75 Å². The van der Waals surface area contributed by atoms with E-state index >= 15 is 0 Å². The van der Waals surface area contributed by atoms with E-state index in [1.54, 1.807) is 7.11 Å². The lowest BCUT2D eigenvalue weighted by molar-refractivity contribution is -0.136. The highest BCUT2D eigenvalue weighted by Gasteiger charge is 2.15. The average Bonchev–Trinajstić information content (AvgIpc) is 2.60. The number of carbonyl (C=O) groups is 1. The number of para-hydroxylation sites is 1. The van der Waals surface area contributed by atoms with Crippen LogP contribution in [-0.4, -0.2) is 22.8 Å².